The highest BCUT2D eigenvalue weighted by molar-refractivity contribution is 5.13. The van der Waals surface area contributed by atoms with Crippen LogP contribution >= 0.6 is 0 Å². The Balaban J connectivity index is 0.000000200. The first kappa shape index (κ1) is 15.9. The molecule has 4 nitrogen and oxygen atoms in total. The third-order valence-corrected chi connectivity index (χ3v) is 2.44. The third-order valence-electron chi connectivity index (χ3n) is 2.44. The quantitative estimate of drug-likeness (QED) is 0.425. The molecule has 2 aromatic heterocycles. The molecule has 0 aromatic carbocycles. The molecular formula is C12H12F4N4. The van der Waals surface area contributed by atoms with E-state index in [1.807, 2.05) is 0 Å². The second kappa shape index (κ2) is 6.36. The van der Waals surface area contributed by atoms with Crippen molar-refractivity contribution < 1.29 is 17.6 Å². The predicted molar refractivity (Wildman–Crippen MR) is 62.8 cm³/mol. The topological polar surface area (TPSA) is 51.6 Å². The molecule has 0 fully saturated rings. The van der Waals surface area contributed by atoms with Crippen LogP contribution in [0.25, 0.3) is 0 Å². The van der Waals surface area contributed by atoms with Gasteiger partial charge < -0.3 is 0 Å². The summed E-state index contributed by atoms with van der Waals surface area (Å²) in [5.41, 5.74) is 0.497. The van der Waals surface area contributed by atoms with Gasteiger partial charge >= 0.3 is 6.08 Å². The number of halogens is 4. The van der Waals surface area contributed by atoms with Crippen molar-refractivity contribution in [1.82, 2.24) is 19.9 Å². The van der Waals surface area contributed by atoms with E-state index in [1.165, 1.54) is 27.7 Å². The largest absolute Gasteiger partial charge is 0.311 e. The zero-order valence-corrected chi connectivity index (χ0v) is 11.3. The van der Waals surface area contributed by atoms with Crippen molar-refractivity contribution in [3.8, 4) is 0 Å². The Kier molecular flexibility index (Phi) is 5.06. The van der Waals surface area contributed by atoms with E-state index < -0.39 is 23.9 Å². The zero-order valence-electron chi connectivity index (χ0n) is 11.3. The molecule has 2 heterocycles. The van der Waals surface area contributed by atoms with Gasteiger partial charge in [0.05, 0.1) is 5.56 Å². The predicted octanol–water partition coefficient (Wildman–Crippen LogP) is 2.74. The summed E-state index contributed by atoms with van der Waals surface area (Å²) in [6.45, 7) is 5.77. The lowest BCUT2D eigenvalue weighted by molar-refractivity contribution is 0.473. The van der Waals surface area contributed by atoms with Crippen molar-refractivity contribution in [2.75, 3.05) is 0 Å². The molecule has 8 heteroatoms. The van der Waals surface area contributed by atoms with E-state index in [-0.39, 0.29) is 11.4 Å². The summed E-state index contributed by atoms with van der Waals surface area (Å²) in [4.78, 5) is 12.8. The first-order valence-corrected chi connectivity index (χ1v) is 5.54. The van der Waals surface area contributed by atoms with Crippen molar-refractivity contribution in [3.05, 3.63) is 46.6 Å². The van der Waals surface area contributed by atoms with Crippen LogP contribution in [0.15, 0.2) is 0 Å². The van der Waals surface area contributed by atoms with E-state index >= 15 is 0 Å². The first-order chi connectivity index (χ1) is 9.22. The van der Waals surface area contributed by atoms with Gasteiger partial charge in [0.1, 0.15) is 5.82 Å². The highest BCUT2D eigenvalue weighted by Gasteiger charge is 2.06. The van der Waals surface area contributed by atoms with Crippen molar-refractivity contribution in [2.24, 2.45) is 0 Å². The van der Waals surface area contributed by atoms with E-state index in [0.29, 0.717) is 11.3 Å². The molecule has 0 aliphatic carbocycles. The van der Waals surface area contributed by atoms with Crippen LogP contribution in [0.4, 0.5) is 17.6 Å². The minimum absolute atomic E-state index is 0.112. The van der Waals surface area contributed by atoms with Gasteiger partial charge in [0.25, 0.3) is 0 Å². The fraction of sp³-hybridized carbons (Fsp3) is 0.333. The molecule has 0 aliphatic heterocycles. The Morgan fingerprint density at radius 2 is 1.05 bits per heavy atom. The van der Waals surface area contributed by atoms with E-state index in [2.05, 4.69) is 19.9 Å². The van der Waals surface area contributed by atoms with Gasteiger partial charge in [-0.2, -0.15) is 22.5 Å². The van der Waals surface area contributed by atoms with Crippen molar-refractivity contribution in [2.45, 2.75) is 27.7 Å². The normalized spacial score (nSPS) is 10.0. The van der Waals surface area contributed by atoms with Gasteiger partial charge in [-0.3, -0.25) is 0 Å². The average Bonchev–Trinajstić information content (AvgIpc) is 2.33. The van der Waals surface area contributed by atoms with Crippen LogP contribution in [0.2, 0.25) is 0 Å². The van der Waals surface area contributed by atoms with Crippen LogP contribution in [-0.2, 0) is 0 Å². The molecule has 20 heavy (non-hydrogen) atoms. The molecule has 2 rings (SSSR count). The summed E-state index contributed by atoms with van der Waals surface area (Å²) >= 11 is 0. The average molecular weight is 288 g/mol. The van der Waals surface area contributed by atoms with Crippen LogP contribution in [-0.4, -0.2) is 19.9 Å². The number of aryl methyl sites for hydroxylation is 2. The summed E-state index contributed by atoms with van der Waals surface area (Å²) in [7, 11) is 0. The molecule has 0 bridgehead atoms. The van der Waals surface area contributed by atoms with Gasteiger partial charge in [-0.15, -0.1) is 0 Å². The lowest BCUT2D eigenvalue weighted by Crippen LogP contribution is -1.99. The first-order valence-electron chi connectivity index (χ1n) is 5.54. The number of hydrogen-bond donors (Lipinski definition) is 0. The Bertz CT molecular complexity index is 529. The standard InChI is InChI=1S/2C6H6F2N2/c1-3-5(7)9-4(2)10-6(3)8;1-3-4(2)9-6(8)10-5(3)7/h2*1-2H3. The Labute approximate surface area is 112 Å². The minimum Gasteiger partial charge on any atom is -0.207 e. The van der Waals surface area contributed by atoms with Gasteiger partial charge in [-0.05, 0) is 27.7 Å². The fourth-order valence-electron chi connectivity index (χ4n) is 1.12. The molecular weight excluding hydrogens is 276 g/mol. The number of rotatable bonds is 0. The van der Waals surface area contributed by atoms with Crippen molar-refractivity contribution >= 4 is 0 Å². The summed E-state index contributed by atoms with van der Waals surface area (Å²) < 4.78 is 49.5. The van der Waals surface area contributed by atoms with Crippen LogP contribution in [0, 0.1) is 51.6 Å². The van der Waals surface area contributed by atoms with Gasteiger partial charge in [0.15, 0.2) is 0 Å². The zero-order chi connectivity index (χ0) is 15.4. The Morgan fingerprint density at radius 1 is 0.600 bits per heavy atom. The molecule has 0 amide bonds. The van der Waals surface area contributed by atoms with E-state index in [0.717, 1.165) is 0 Å². The molecule has 108 valence electrons. The second-order valence-corrected chi connectivity index (χ2v) is 3.97. The molecule has 0 aliphatic rings. The van der Waals surface area contributed by atoms with Gasteiger partial charge in [-0.25, -0.2) is 15.0 Å². The lowest BCUT2D eigenvalue weighted by Gasteiger charge is -1.97. The van der Waals surface area contributed by atoms with E-state index in [4.69, 9.17) is 0 Å². The molecule has 2 aromatic rings. The van der Waals surface area contributed by atoms with Crippen LogP contribution in [0.1, 0.15) is 22.6 Å². The molecule has 0 atom stereocenters. The van der Waals surface area contributed by atoms with Gasteiger partial charge in [0.2, 0.25) is 17.8 Å². The monoisotopic (exact) mass is 288 g/mol. The maximum absolute atomic E-state index is 12.4. The highest BCUT2D eigenvalue weighted by Crippen LogP contribution is 2.06. The molecule has 0 N–H and O–H groups in total. The molecule has 0 saturated heterocycles. The fourth-order valence-corrected chi connectivity index (χ4v) is 1.12. The lowest BCUT2D eigenvalue weighted by atomic mass is 10.3. The summed E-state index contributed by atoms with van der Waals surface area (Å²) in [6.07, 6.45) is -1.01. The maximum Gasteiger partial charge on any atom is 0.311 e. The van der Waals surface area contributed by atoms with Crippen LogP contribution < -0.4 is 0 Å². The van der Waals surface area contributed by atoms with Crippen molar-refractivity contribution in [3.63, 3.8) is 0 Å². The third kappa shape index (κ3) is 3.94. The van der Waals surface area contributed by atoms with Gasteiger partial charge in [-0.1, -0.05) is 0 Å². The maximum atomic E-state index is 12.4. The van der Waals surface area contributed by atoms with E-state index in [9.17, 15) is 17.6 Å². The summed E-state index contributed by atoms with van der Waals surface area (Å²) in [5, 5.41) is 0. The smallest absolute Gasteiger partial charge is 0.207 e. The van der Waals surface area contributed by atoms with E-state index in [1.54, 1.807) is 0 Å². The second-order valence-electron chi connectivity index (χ2n) is 3.97. The van der Waals surface area contributed by atoms with Gasteiger partial charge in [0, 0.05) is 11.3 Å². The van der Waals surface area contributed by atoms with Crippen LogP contribution in [0.3, 0.4) is 0 Å². The molecule has 0 saturated carbocycles. The molecule has 0 spiro atoms. The number of aromatic nitrogens is 4. The van der Waals surface area contributed by atoms with Crippen LogP contribution in [0.5, 0.6) is 0 Å². The minimum atomic E-state index is -1.01. The number of nitrogens with zero attached hydrogens (tertiary/aromatic N) is 4. The Morgan fingerprint density at radius 3 is 1.50 bits per heavy atom. The highest BCUT2D eigenvalue weighted by atomic mass is 19.1. The number of hydrogen-bond acceptors (Lipinski definition) is 4. The summed E-state index contributed by atoms with van der Waals surface area (Å²) in [5.74, 6) is -2.25. The summed E-state index contributed by atoms with van der Waals surface area (Å²) in [6, 6.07) is 0. The Hall–Kier alpha value is -2.12. The molecule has 0 unspecified atom stereocenters. The van der Waals surface area contributed by atoms with Crippen molar-refractivity contribution in [1.29, 1.82) is 0 Å². The SMILES string of the molecule is Cc1nc(F)c(C)c(F)n1.Cc1nc(F)nc(F)c1C. The molecule has 0 radical (unpaired) electrons.